The van der Waals surface area contributed by atoms with E-state index in [-0.39, 0.29) is 24.8 Å². The van der Waals surface area contributed by atoms with Gasteiger partial charge in [-0.3, -0.25) is 19.1 Å². The number of nitrogens with zero attached hydrogens (tertiary/aromatic N) is 7. The number of fused-ring (bicyclic) bond motifs is 10. The van der Waals surface area contributed by atoms with Crippen molar-refractivity contribution in [2.24, 2.45) is 11.3 Å². The molecule has 5 atom stereocenters. The standard InChI is InChI=1S/C32H40F2N10O7S/c1-31(2,3)24-28(46)43-15-18(13-21(43)27(45)36-32(14-20(32)25(33)34)29(47)41-52(48,49)19-9-10-19)44-40-26(38-42-44)17-8-11-22(50-4)16(12-17)6-5-7-23-37-39-30(35-24)51-23/h8,11-12,18-21,24-25H,5-7,9-10,13-15H2,1-4H3,(H,35,39)(H,36,45)(H,41,47)/t18-,20+,21+,24-,32-/m1/s1. The average molecular weight is 747 g/mol. The summed E-state index contributed by atoms with van der Waals surface area (Å²) in [5.41, 5.74) is -1.41. The molecule has 0 radical (unpaired) electrons. The summed E-state index contributed by atoms with van der Waals surface area (Å²) in [6.07, 6.45) is -1.22. The highest BCUT2D eigenvalue weighted by Gasteiger charge is 2.67. The molecule has 7 rings (SSSR count). The second kappa shape index (κ2) is 13.0. The van der Waals surface area contributed by atoms with Gasteiger partial charge in [-0.15, -0.1) is 15.3 Å². The SMILES string of the molecule is COc1ccc2cc1CCCc1nnc(o1)N[C@@H](C(C)(C)C)C(=O)N1C[C@@H](C[C@H]1C(=O)N[C@]1(C(=O)NS(=O)(=O)C3CC3)C[C@H]1C(F)F)n1nnc-2n1. The van der Waals surface area contributed by atoms with Crippen LogP contribution in [-0.4, -0.2) is 104 Å². The third-order valence-electron chi connectivity index (χ3n) is 10.1. The van der Waals surface area contributed by atoms with Gasteiger partial charge in [0.1, 0.15) is 23.4 Å². The van der Waals surface area contributed by atoms with Crippen molar-refractivity contribution >= 4 is 33.8 Å². The van der Waals surface area contributed by atoms with Crippen LogP contribution in [0.1, 0.15) is 70.4 Å². The number of benzene rings is 1. The zero-order valence-corrected chi connectivity index (χ0v) is 29.8. The summed E-state index contributed by atoms with van der Waals surface area (Å²) >= 11 is 0. The molecule has 17 nitrogen and oxygen atoms in total. The van der Waals surface area contributed by atoms with Crippen molar-refractivity contribution in [1.29, 1.82) is 0 Å². The maximum Gasteiger partial charge on any atom is 0.316 e. The molecule has 2 saturated carbocycles. The maximum absolute atomic E-state index is 14.5. The minimum absolute atomic E-state index is 0.00597. The van der Waals surface area contributed by atoms with Crippen LogP contribution in [0, 0.1) is 11.3 Å². The number of ether oxygens (including phenoxy) is 1. The number of aryl methyl sites for hydroxylation is 2. The Labute approximate surface area is 297 Å². The third-order valence-corrected chi connectivity index (χ3v) is 11.9. The van der Waals surface area contributed by atoms with Crippen molar-refractivity contribution in [3.05, 3.63) is 29.7 Å². The van der Waals surface area contributed by atoms with Gasteiger partial charge in [-0.2, -0.15) is 4.80 Å². The minimum Gasteiger partial charge on any atom is -0.496 e. The van der Waals surface area contributed by atoms with E-state index in [2.05, 4.69) is 36.2 Å². The van der Waals surface area contributed by atoms with Crippen LogP contribution in [0.4, 0.5) is 14.8 Å². The smallest absolute Gasteiger partial charge is 0.316 e. The van der Waals surface area contributed by atoms with E-state index in [0.29, 0.717) is 49.3 Å². The van der Waals surface area contributed by atoms with Gasteiger partial charge in [-0.05, 0) is 66.5 Å². The van der Waals surface area contributed by atoms with E-state index in [4.69, 9.17) is 9.15 Å². The maximum atomic E-state index is 14.5. The highest BCUT2D eigenvalue weighted by molar-refractivity contribution is 7.91. The lowest BCUT2D eigenvalue weighted by atomic mass is 9.85. The largest absolute Gasteiger partial charge is 0.496 e. The molecule has 280 valence electrons. The molecule has 0 unspecified atom stereocenters. The quantitative estimate of drug-likeness (QED) is 0.314. The van der Waals surface area contributed by atoms with Gasteiger partial charge in [0.25, 0.3) is 5.91 Å². The number of hydrogen-bond donors (Lipinski definition) is 3. The van der Waals surface area contributed by atoms with Crippen molar-refractivity contribution in [2.45, 2.75) is 101 Å². The molecular weight excluding hydrogens is 706 g/mol. The highest BCUT2D eigenvalue weighted by Crippen LogP contribution is 2.48. The molecule has 4 aliphatic rings. The summed E-state index contributed by atoms with van der Waals surface area (Å²) in [7, 11) is -2.53. The lowest BCUT2D eigenvalue weighted by Gasteiger charge is -2.35. The molecule has 4 heterocycles. The van der Waals surface area contributed by atoms with Crippen LogP contribution in [0.5, 0.6) is 5.75 Å². The van der Waals surface area contributed by atoms with E-state index >= 15 is 0 Å². The van der Waals surface area contributed by atoms with Gasteiger partial charge < -0.3 is 24.7 Å². The van der Waals surface area contributed by atoms with Crippen LogP contribution in [0.2, 0.25) is 0 Å². The van der Waals surface area contributed by atoms with E-state index in [0.717, 1.165) is 5.56 Å². The number of tetrazole rings is 1. The molecule has 2 aliphatic heterocycles. The van der Waals surface area contributed by atoms with Crippen molar-refractivity contribution in [3.8, 4) is 17.1 Å². The summed E-state index contributed by atoms with van der Waals surface area (Å²) < 4.78 is 66.7. The lowest BCUT2D eigenvalue weighted by Crippen LogP contribution is -2.59. The zero-order chi connectivity index (χ0) is 37.2. The second-order valence-electron chi connectivity index (χ2n) is 14.9. The van der Waals surface area contributed by atoms with Crippen molar-refractivity contribution in [3.63, 3.8) is 0 Å². The number of anilines is 1. The molecule has 0 spiro atoms. The van der Waals surface area contributed by atoms with E-state index in [1.165, 1.54) is 9.70 Å². The number of sulfonamides is 1. The van der Waals surface area contributed by atoms with Gasteiger partial charge in [0.05, 0.1) is 24.3 Å². The molecular formula is C32H40F2N10O7S. The van der Waals surface area contributed by atoms with Crippen molar-refractivity contribution in [1.82, 2.24) is 45.3 Å². The first-order chi connectivity index (χ1) is 24.6. The summed E-state index contributed by atoms with van der Waals surface area (Å²) in [5, 5.41) is 26.0. The predicted molar refractivity (Wildman–Crippen MR) is 177 cm³/mol. The van der Waals surface area contributed by atoms with Crippen LogP contribution in [-0.2, 0) is 37.2 Å². The van der Waals surface area contributed by atoms with Gasteiger partial charge >= 0.3 is 6.01 Å². The Morgan fingerprint density at radius 2 is 1.92 bits per heavy atom. The fourth-order valence-electron chi connectivity index (χ4n) is 6.90. The average Bonchev–Trinajstić information content (AvgIpc) is 3.89. The molecule has 52 heavy (non-hydrogen) atoms. The fraction of sp³-hybridized carbons (Fsp3) is 0.625. The van der Waals surface area contributed by atoms with Gasteiger partial charge in [-0.1, -0.05) is 25.9 Å². The van der Waals surface area contributed by atoms with Crippen LogP contribution >= 0.6 is 0 Å². The monoisotopic (exact) mass is 746 g/mol. The Morgan fingerprint density at radius 3 is 2.60 bits per heavy atom. The van der Waals surface area contributed by atoms with Gasteiger partial charge in [-0.25, -0.2) is 17.2 Å². The van der Waals surface area contributed by atoms with Crippen LogP contribution in [0.3, 0.4) is 0 Å². The van der Waals surface area contributed by atoms with Crippen molar-refractivity contribution < 1.29 is 40.7 Å². The second-order valence-corrected chi connectivity index (χ2v) is 16.9. The normalized spacial score (nSPS) is 26.3. The molecule has 3 amide bonds. The van der Waals surface area contributed by atoms with Gasteiger partial charge in [0.2, 0.25) is 40.0 Å². The first-order valence-electron chi connectivity index (χ1n) is 17.1. The molecule has 2 aromatic heterocycles. The number of nitrogens with one attached hydrogen (secondary N) is 3. The molecule has 3 fully saturated rings. The highest BCUT2D eigenvalue weighted by atomic mass is 32.2. The number of methoxy groups -OCH3 is 1. The summed E-state index contributed by atoms with van der Waals surface area (Å²) in [6, 6.07) is 2.46. The number of aromatic nitrogens is 6. The molecule has 1 saturated heterocycles. The number of rotatable bonds is 7. The molecule has 20 heteroatoms. The van der Waals surface area contributed by atoms with Crippen LogP contribution < -0.4 is 20.1 Å². The number of alkyl halides is 2. The minimum atomic E-state index is -4.11. The lowest BCUT2D eigenvalue weighted by molar-refractivity contribution is -0.141. The topological polar surface area (TPSA) is 216 Å². The fourth-order valence-corrected chi connectivity index (χ4v) is 8.27. The van der Waals surface area contributed by atoms with Gasteiger partial charge in [0.15, 0.2) is 0 Å². The third kappa shape index (κ3) is 6.79. The number of carbonyl (C=O) groups excluding carboxylic acids is 3. The first kappa shape index (κ1) is 35.6. The van der Waals surface area contributed by atoms with E-state index in [9.17, 15) is 31.6 Å². The Morgan fingerprint density at radius 1 is 1.15 bits per heavy atom. The number of halogens is 2. The summed E-state index contributed by atoms with van der Waals surface area (Å²) in [4.78, 5) is 44.6. The van der Waals surface area contributed by atoms with Gasteiger partial charge in [0, 0.05) is 24.9 Å². The van der Waals surface area contributed by atoms with E-state index in [1.54, 1.807) is 40.0 Å². The molecule has 3 aromatic rings. The first-order valence-corrected chi connectivity index (χ1v) is 18.7. The van der Waals surface area contributed by atoms with Crippen molar-refractivity contribution in [2.75, 3.05) is 19.0 Å². The van der Waals surface area contributed by atoms with Crippen LogP contribution in [0.15, 0.2) is 22.6 Å². The van der Waals surface area contributed by atoms with E-state index < -0.39 is 80.8 Å². The van der Waals surface area contributed by atoms with Crippen LogP contribution in [0.25, 0.3) is 11.4 Å². The molecule has 1 aromatic carbocycles. The molecule has 3 N–H and O–H groups in total. The Bertz CT molecular complexity index is 2000. The number of hydrogen-bond acceptors (Lipinski definition) is 13. The predicted octanol–water partition coefficient (Wildman–Crippen LogP) is 1.64. The Hall–Kier alpha value is -4.75. The Kier molecular flexibility index (Phi) is 8.93. The summed E-state index contributed by atoms with van der Waals surface area (Å²) in [6.45, 7) is 5.32. The van der Waals surface area contributed by atoms with E-state index in [1.807, 2.05) is 10.8 Å². The molecule has 8 bridgehead atoms. The Balaban J connectivity index is 1.24. The summed E-state index contributed by atoms with van der Waals surface area (Å²) in [5.74, 6) is -3.01. The molecule has 2 aliphatic carbocycles. The zero-order valence-electron chi connectivity index (χ0n) is 29.0. The number of amides is 3. The number of carbonyl (C=O) groups is 3.